The van der Waals surface area contributed by atoms with Gasteiger partial charge in [-0.25, -0.2) is 13.8 Å². The third kappa shape index (κ3) is 1.68. The van der Waals surface area contributed by atoms with Gasteiger partial charge >= 0.3 is 0 Å². The minimum absolute atomic E-state index is 0.121. The van der Waals surface area contributed by atoms with Gasteiger partial charge in [-0.15, -0.1) is 0 Å². The second-order valence-corrected chi connectivity index (χ2v) is 4.24. The molecule has 1 aromatic carbocycles. The van der Waals surface area contributed by atoms with Gasteiger partial charge in [0.05, 0.1) is 16.8 Å². The topological polar surface area (TPSA) is 67.1 Å². The Balaban J connectivity index is 2.26. The number of anilines is 1. The Morgan fingerprint density at radius 3 is 2.75 bits per heavy atom. The van der Waals surface area contributed by atoms with Crippen LogP contribution < -0.4 is 5.73 Å². The molecule has 0 saturated carbocycles. The van der Waals surface area contributed by atoms with Crippen LogP contribution in [0.15, 0.2) is 36.8 Å². The fourth-order valence-corrected chi connectivity index (χ4v) is 2.07. The summed E-state index contributed by atoms with van der Waals surface area (Å²) >= 11 is 0. The molecule has 2 heterocycles. The van der Waals surface area contributed by atoms with E-state index in [4.69, 9.17) is 11.0 Å². The van der Waals surface area contributed by atoms with Crippen LogP contribution in [0.4, 0.5) is 14.5 Å². The lowest BCUT2D eigenvalue weighted by atomic mass is 10.1. The molecule has 3 aromatic rings. The molecule has 98 valence electrons. The third-order valence-electron chi connectivity index (χ3n) is 3.05. The van der Waals surface area contributed by atoms with Crippen LogP contribution >= 0.6 is 0 Å². The lowest BCUT2D eigenvalue weighted by molar-refractivity contribution is 0.592. The van der Waals surface area contributed by atoms with Crippen LogP contribution in [0.5, 0.6) is 0 Å². The lowest BCUT2D eigenvalue weighted by Crippen LogP contribution is -1.97. The fraction of sp³-hybridized carbons (Fsp3) is 0. The summed E-state index contributed by atoms with van der Waals surface area (Å²) in [6.45, 7) is 0. The number of aromatic nitrogens is 2. The van der Waals surface area contributed by atoms with Gasteiger partial charge in [0.25, 0.3) is 0 Å². The van der Waals surface area contributed by atoms with E-state index in [1.165, 1.54) is 29.1 Å². The van der Waals surface area contributed by atoms with Gasteiger partial charge in [0.1, 0.15) is 18.2 Å². The predicted octanol–water partition coefficient (Wildman–Crippen LogP) is 2.73. The van der Waals surface area contributed by atoms with Crippen LogP contribution in [0.1, 0.15) is 5.69 Å². The standard InChI is InChI=1S/C14H8F2N4/c15-9-2-3-10(18)14(16)13(9)8-1-4-12-11(5-17)19-7-20(12)6-8/h1-4,6-7H,18H2. The molecular weight excluding hydrogens is 262 g/mol. The Morgan fingerprint density at radius 2 is 2.00 bits per heavy atom. The molecule has 0 atom stereocenters. The van der Waals surface area contributed by atoms with Crippen molar-refractivity contribution >= 4 is 11.2 Å². The molecule has 0 bridgehead atoms. The summed E-state index contributed by atoms with van der Waals surface area (Å²) in [7, 11) is 0. The van der Waals surface area contributed by atoms with E-state index in [2.05, 4.69) is 4.98 Å². The van der Waals surface area contributed by atoms with E-state index in [0.717, 1.165) is 6.07 Å². The summed E-state index contributed by atoms with van der Waals surface area (Å²) in [5.74, 6) is -1.50. The number of nitrogens with two attached hydrogens (primary N) is 1. The molecule has 0 aliphatic heterocycles. The summed E-state index contributed by atoms with van der Waals surface area (Å²) < 4.78 is 29.3. The van der Waals surface area contributed by atoms with Crippen molar-refractivity contribution in [2.45, 2.75) is 0 Å². The smallest absolute Gasteiger partial charge is 0.166 e. The number of hydrogen-bond acceptors (Lipinski definition) is 3. The van der Waals surface area contributed by atoms with Crippen molar-refractivity contribution in [3.8, 4) is 17.2 Å². The molecule has 0 fully saturated rings. The first-order valence-electron chi connectivity index (χ1n) is 5.72. The molecule has 20 heavy (non-hydrogen) atoms. The molecule has 2 aromatic heterocycles. The van der Waals surface area contributed by atoms with Crippen molar-refractivity contribution in [1.29, 1.82) is 5.26 Å². The normalized spacial score (nSPS) is 10.7. The maximum atomic E-state index is 14.0. The van der Waals surface area contributed by atoms with Gasteiger partial charge < -0.3 is 10.1 Å². The Hall–Kier alpha value is -2.94. The first-order valence-corrected chi connectivity index (χ1v) is 5.72. The summed E-state index contributed by atoms with van der Waals surface area (Å²) in [6, 6.07) is 7.35. The molecule has 0 unspecified atom stereocenters. The quantitative estimate of drug-likeness (QED) is 0.691. The maximum Gasteiger partial charge on any atom is 0.166 e. The largest absolute Gasteiger partial charge is 0.396 e. The molecule has 0 saturated heterocycles. The van der Waals surface area contributed by atoms with Gasteiger partial charge in [0.15, 0.2) is 11.5 Å². The van der Waals surface area contributed by atoms with Crippen molar-refractivity contribution in [1.82, 2.24) is 9.38 Å². The zero-order chi connectivity index (χ0) is 14.3. The second kappa shape index (κ2) is 4.31. The number of fused-ring (bicyclic) bond motifs is 1. The second-order valence-electron chi connectivity index (χ2n) is 4.24. The first-order chi connectivity index (χ1) is 9.61. The molecular formula is C14H8F2N4. The van der Waals surface area contributed by atoms with E-state index < -0.39 is 11.6 Å². The van der Waals surface area contributed by atoms with Crippen LogP contribution in [-0.4, -0.2) is 9.38 Å². The molecule has 0 aliphatic rings. The minimum atomic E-state index is -0.801. The average Bonchev–Trinajstić information content (AvgIpc) is 2.86. The number of nitriles is 1. The lowest BCUT2D eigenvalue weighted by Gasteiger charge is -2.08. The number of benzene rings is 1. The number of pyridine rings is 1. The molecule has 0 radical (unpaired) electrons. The number of hydrogen-bond donors (Lipinski definition) is 1. The summed E-state index contributed by atoms with van der Waals surface area (Å²) in [4.78, 5) is 3.90. The van der Waals surface area contributed by atoms with Gasteiger partial charge in [-0.05, 0) is 18.2 Å². The van der Waals surface area contributed by atoms with E-state index in [1.54, 1.807) is 6.07 Å². The highest BCUT2D eigenvalue weighted by atomic mass is 19.1. The van der Waals surface area contributed by atoms with E-state index >= 15 is 0 Å². The van der Waals surface area contributed by atoms with E-state index in [0.29, 0.717) is 11.1 Å². The Labute approximate surface area is 112 Å². The van der Waals surface area contributed by atoms with Crippen LogP contribution in [0.2, 0.25) is 0 Å². The molecule has 0 amide bonds. The average molecular weight is 270 g/mol. The maximum absolute atomic E-state index is 14.0. The fourth-order valence-electron chi connectivity index (χ4n) is 2.07. The highest BCUT2D eigenvalue weighted by Gasteiger charge is 2.15. The molecule has 6 heteroatoms. The van der Waals surface area contributed by atoms with E-state index in [1.807, 2.05) is 6.07 Å². The third-order valence-corrected chi connectivity index (χ3v) is 3.05. The van der Waals surface area contributed by atoms with Crippen molar-refractivity contribution < 1.29 is 8.78 Å². The van der Waals surface area contributed by atoms with Crippen molar-refractivity contribution in [3.05, 3.63) is 54.1 Å². The highest BCUT2D eigenvalue weighted by molar-refractivity contribution is 5.71. The Kier molecular flexibility index (Phi) is 2.61. The van der Waals surface area contributed by atoms with E-state index in [9.17, 15) is 8.78 Å². The number of halogens is 2. The summed E-state index contributed by atoms with van der Waals surface area (Å²) in [6.07, 6.45) is 2.92. The molecule has 3 rings (SSSR count). The van der Waals surface area contributed by atoms with Crippen molar-refractivity contribution in [2.24, 2.45) is 0 Å². The predicted molar refractivity (Wildman–Crippen MR) is 69.7 cm³/mol. The first kappa shape index (κ1) is 12.1. The minimum Gasteiger partial charge on any atom is -0.396 e. The van der Waals surface area contributed by atoms with Crippen LogP contribution in [0, 0.1) is 23.0 Å². The van der Waals surface area contributed by atoms with Gasteiger partial charge in [-0.3, -0.25) is 0 Å². The number of imidazole rings is 1. The van der Waals surface area contributed by atoms with Crippen LogP contribution in [0.3, 0.4) is 0 Å². The summed E-state index contributed by atoms with van der Waals surface area (Å²) in [5, 5.41) is 8.87. The van der Waals surface area contributed by atoms with Gasteiger partial charge in [-0.2, -0.15) is 5.26 Å². The van der Waals surface area contributed by atoms with Crippen LogP contribution in [0.25, 0.3) is 16.6 Å². The van der Waals surface area contributed by atoms with Gasteiger partial charge in [0, 0.05) is 11.8 Å². The number of nitrogen functional groups attached to an aromatic ring is 1. The summed E-state index contributed by atoms with van der Waals surface area (Å²) in [5.41, 5.74) is 6.29. The Morgan fingerprint density at radius 1 is 1.20 bits per heavy atom. The Bertz CT molecular complexity index is 861. The van der Waals surface area contributed by atoms with Crippen molar-refractivity contribution in [3.63, 3.8) is 0 Å². The molecule has 0 spiro atoms. The molecule has 2 N–H and O–H groups in total. The number of rotatable bonds is 1. The van der Waals surface area contributed by atoms with Gasteiger partial charge in [-0.1, -0.05) is 6.07 Å². The highest BCUT2D eigenvalue weighted by Crippen LogP contribution is 2.29. The van der Waals surface area contributed by atoms with Crippen LogP contribution in [-0.2, 0) is 0 Å². The monoisotopic (exact) mass is 270 g/mol. The zero-order valence-corrected chi connectivity index (χ0v) is 10.1. The van der Waals surface area contributed by atoms with E-state index in [-0.39, 0.29) is 16.9 Å². The molecule has 0 aliphatic carbocycles. The van der Waals surface area contributed by atoms with Crippen molar-refractivity contribution in [2.75, 3.05) is 5.73 Å². The molecule has 4 nitrogen and oxygen atoms in total. The zero-order valence-electron chi connectivity index (χ0n) is 10.1. The number of nitrogens with zero attached hydrogens (tertiary/aromatic N) is 3. The SMILES string of the molecule is N#Cc1ncn2cc(-c3c(F)ccc(N)c3F)ccc12. The van der Waals surface area contributed by atoms with Gasteiger partial charge in [0.2, 0.25) is 0 Å².